The van der Waals surface area contributed by atoms with Gasteiger partial charge in [-0.15, -0.1) is 0 Å². The van der Waals surface area contributed by atoms with Gasteiger partial charge in [-0.1, -0.05) is 23.2 Å². The summed E-state index contributed by atoms with van der Waals surface area (Å²) < 4.78 is 5.85. The number of aromatic nitrogens is 2. The number of hydrogen-bond donors (Lipinski definition) is 2. The molecule has 2 N–H and O–H groups in total. The molecule has 0 unspecified atom stereocenters. The average Bonchev–Trinajstić information content (AvgIpc) is 2.79. The van der Waals surface area contributed by atoms with E-state index < -0.39 is 17.4 Å². The third-order valence-corrected chi connectivity index (χ3v) is 3.50. The molecule has 0 saturated carbocycles. The zero-order valence-electron chi connectivity index (χ0n) is 12.3. The van der Waals surface area contributed by atoms with Crippen LogP contribution in [0.5, 0.6) is 0 Å². The normalized spacial score (nSPS) is 10.4. The minimum Gasteiger partial charge on any atom is -0.461 e. The molecule has 0 aliphatic carbocycles. The zero-order valence-corrected chi connectivity index (χ0v) is 13.8. The number of aryl methyl sites for hydroxylation is 1. The van der Waals surface area contributed by atoms with Crippen molar-refractivity contribution >= 4 is 40.8 Å². The van der Waals surface area contributed by atoms with E-state index in [2.05, 4.69) is 10.4 Å². The van der Waals surface area contributed by atoms with Gasteiger partial charge in [-0.2, -0.15) is 0 Å². The lowest BCUT2D eigenvalue weighted by atomic mass is 10.2. The molecule has 23 heavy (non-hydrogen) atoms. The molecule has 0 fully saturated rings. The van der Waals surface area contributed by atoms with Crippen LogP contribution in [0.15, 0.2) is 23.0 Å². The Hall–Kier alpha value is -2.25. The van der Waals surface area contributed by atoms with Crippen LogP contribution < -0.4 is 10.9 Å². The van der Waals surface area contributed by atoms with Gasteiger partial charge in [0, 0.05) is 12.1 Å². The predicted octanol–water partition coefficient (Wildman–Crippen LogP) is 2.45. The topological polar surface area (TPSA) is 93.2 Å². The summed E-state index contributed by atoms with van der Waals surface area (Å²) in [6, 6.07) is 4.49. The van der Waals surface area contributed by atoms with Crippen molar-refractivity contribution in [2.75, 3.05) is 11.9 Å². The highest BCUT2D eigenvalue weighted by Gasteiger charge is 2.26. The lowest BCUT2D eigenvalue weighted by molar-refractivity contribution is 0.0515. The second-order valence-corrected chi connectivity index (χ2v) is 5.37. The number of benzene rings is 1. The number of anilines is 1. The van der Waals surface area contributed by atoms with Crippen molar-refractivity contribution in [2.24, 2.45) is 7.05 Å². The number of ether oxygens (including phenoxy) is 1. The van der Waals surface area contributed by atoms with Crippen LogP contribution in [-0.2, 0) is 11.8 Å². The van der Waals surface area contributed by atoms with Gasteiger partial charge in [0.2, 0.25) is 0 Å². The first-order valence-electron chi connectivity index (χ1n) is 6.57. The third kappa shape index (κ3) is 3.57. The van der Waals surface area contributed by atoms with E-state index in [0.717, 1.165) is 4.68 Å². The second-order valence-electron chi connectivity index (χ2n) is 4.52. The van der Waals surface area contributed by atoms with Crippen LogP contribution in [0, 0.1) is 0 Å². The number of carbonyl (C=O) groups is 2. The Bertz CT molecular complexity index is 826. The highest BCUT2D eigenvalue weighted by molar-refractivity contribution is 6.36. The van der Waals surface area contributed by atoms with Crippen molar-refractivity contribution in [1.82, 2.24) is 9.78 Å². The first-order chi connectivity index (χ1) is 10.8. The van der Waals surface area contributed by atoms with Crippen molar-refractivity contribution < 1.29 is 14.3 Å². The number of amides is 1. The summed E-state index contributed by atoms with van der Waals surface area (Å²) in [7, 11) is 1.38. The molecule has 0 saturated heterocycles. The summed E-state index contributed by atoms with van der Waals surface area (Å²) in [5.41, 5.74) is -1.03. The van der Waals surface area contributed by atoms with E-state index in [1.165, 1.54) is 19.2 Å². The maximum atomic E-state index is 12.4. The quantitative estimate of drug-likeness (QED) is 0.821. The Morgan fingerprint density at radius 2 is 2.04 bits per heavy atom. The van der Waals surface area contributed by atoms with Gasteiger partial charge in [0.15, 0.2) is 5.69 Å². The second kappa shape index (κ2) is 6.89. The summed E-state index contributed by atoms with van der Waals surface area (Å²) in [5, 5.41) is 5.56. The fraction of sp³-hybridized carbons (Fsp3) is 0.214. The lowest BCUT2D eigenvalue weighted by Crippen LogP contribution is -2.25. The van der Waals surface area contributed by atoms with Gasteiger partial charge >= 0.3 is 5.97 Å². The monoisotopic (exact) mass is 357 g/mol. The molecule has 0 atom stereocenters. The largest absolute Gasteiger partial charge is 0.461 e. The van der Waals surface area contributed by atoms with Gasteiger partial charge in [0.25, 0.3) is 11.5 Å². The van der Waals surface area contributed by atoms with Gasteiger partial charge in [-0.05, 0) is 25.1 Å². The first-order valence-corrected chi connectivity index (χ1v) is 7.33. The maximum absolute atomic E-state index is 12.4. The molecule has 1 heterocycles. The molecule has 1 amide bonds. The Morgan fingerprint density at radius 1 is 1.35 bits per heavy atom. The van der Waals surface area contributed by atoms with Gasteiger partial charge in [-0.25, -0.2) is 4.79 Å². The summed E-state index contributed by atoms with van der Waals surface area (Å²) in [6.07, 6.45) is 0. The summed E-state index contributed by atoms with van der Waals surface area (Å²) in [5.74, 6) is -1.59. The number of rotatable bonds is 4. The van der Waals surface area contributed by atoms with E-state index in [9.17, 15) is 14.4 Å². The Labute approximate surface area is 141 Å². The zero-order chi connectivity index (χ0) is 17.1. The van der Waals surface area contributed by atoms with Gasteiger partial charge in [0.1, 0.15) is 5.56 Å². The van der Waals surface area contributed by atoms with E-state index in [1.807, 2.05) is 0 Å². The molecule has 1 aromatic heterocycles. The van der Waals surface area contributed by atoms with Gasteiger partial charge < -0.3 is 10.1 Å². The Morgan fingerprint density at radius 3 is 2.70 bits per heavy atom. The van der Waals surface area contributed by atoms with Gasteiger partial charge in [-0.3, -0.25) is 19.4 Å². The average molecular weight is 358 g/mol. The number of halogens is 2. The lowest BCUT2D eigenvalue weighted by Gasteiger charge is -2.07. The molecule has 9 heteroatoms. The number of aromatic amines is 1. The van der Waals surface area contributed by atoms with Crippen molar-refractivity contribution in [3.05, 3.63) is 49.9 Å². The fourth-order valence-corrected chi connectivity index (χ4v) is 2.23. The fourth-order valence-electron chi connectivity index (χ4n) is 1.89. The van der Waals surface area contributed by atoms with Crippen molar-refractivity contribution in [3.63, 3.8) is 0 Å². The summed E-state index contributed by atoms with van der Waals surface area (Å²) in [4.78, 5) is 36.3. The summed E-state index contributed by atoms with van der Waals surface area (Å²) >= 11 is 11.8. The molecule has 1 aromatic carbocycles. The van der Waals surface area contributed by atoms with Crippen molar-refractivity contribution in [2.45, 2.75) is 6.92 Å². The number of carbonyl (C=O) groups excluding carboxylic acids is 2. The van der Waals surface area contributed by atoms with Gasteiger partial charge in [0.05, 0.1) is 17.3 Å². The van der Waals surface area contributed by atoms with Crippen molar-refractivity contribution in [1.29, 1.82) is 0 Å². The van der Waals surface area contributed by atoms with E-state index in [0.29, 0.717) is 5.02 Å². The van der Waals surface area contributed by atoms with Crippen LogP contribution in [0.25, 0.3) is 0 Å². The highest BCUT2D eigenvalue weighted by atomic mass is 35.5. The van der Waals surface area contributed by atoms with Crippen LogP contribution in [0.2, 0.25) is 10.0 Å². The molecule has 7 nitrogen and oxygen atoms in total. The maximum Gasteiger partial charge on any atom is 0.357 e. The molecule has 2 rings (SSSR count). The molecule has 2 aromatic rings. The first kappa shape index (κ1) is 17.1. The number of nitrogens with one attached hydrogen (secondary N) is 2. The number of H-pyrrole nitrogens is 1. The van der Waals surface area contributed by atoms with E-state index in [-0.39, 0.29) is 28.6 Å². The minimum atomic E-state index is -0.799. The molecule has 122 valence electrons. The molecule has 0 spiro atoms. The molecular formula is C14H13Cl2N3O4. The third-order valence-electron chi connectivity index (χ3n) is 2.93. The molecule has 0 bridgehead atoms. The smallest absolute Gasteiger partial charge is 0.357 e. The van der Waals surface area contributed by atoms with Crippen LogP contribution in [0.4, 0.5) is 5.69 Å². The SMILES string of the molecule is CCOC(=O)c1[nH]n(C)c(=O)c1C(=O)Nc1cc(Cl)ccc1Cl. The molecule has 0 aliphatic rings. The Kier molecular flexibility index (Phi) is 5.12. The predicted molar refractivity (Wildman–Crippen MR) is 86.4 cm³/mol. The van der Waals surface area contributed by atoms with Crippen LogP contribution in [-0.4, -0.2) is 28.3 Å². The molecule has 0 radical (unpaired) electrons. The number of hydrogen-bond acceptors (Lipinski definition) is 4. The molecule has 0 aliphatic heterocycles. The highest BCUT2D eigenvalue weighted by Crippen LogP contribution is 2.25. The minimum absolute atomic E-state index is 0.108. The number of esters is 1. The molecular weight excluding hydrogens is 345 g/mol. The Balaban J connectivity index is 2.41. The summed E-state index contributed by atoms with van der Waals surface area (Å²) in [6.45, 7) is 1.72. The van der Waals surface area contributed by atoms with Crippen molar-refractivity contribution in [3.8, 4) is 0 Å². The van der Waals surface area contributed by atoms with Crippen LogP contribution in [0.3, 0.4) is 0 Å². The number of nitrogens with zero attached hydrogens (tertiary/aromatic N) is 1. The van der Waals surface area contributed by atoms with Crippen LogP contribution >= 0.6 is 23.2 Å². The van der Waals surface area contributed by atoms with Crippen LogP contribution in [0.1, 0.15) is 27.8 Å². The van der Waals surface area contributed by atoms with E-state index in [1.54, 1.807) is 13.0 Å². The van der Waals surface area contributed by atoms with E-state index >= 15 is 0 Å². The van der Waals surface area contributed by atoms with E-state index in [4.69, 9.17) is 27.9 Å². The standard InChI is InChI=1S/C14H13Cl2N3O4/c1-3-23-14(22)11-10(13(21)19(2)18-11)12(20)17-9-6-7(15)4-5-8(9)16/h4-6,18H,3H2,1-2H3,(H,17,20).